The first-order valence-electron chi connectivity index (χ1n) is 5.20. The van der Waals surface area contributed by atoms with Crippen LogP contribution in [0.2, 0.25) is 0 Å². The summed E-state index contributed by atoms with van der Waals surface area (Å²) in [6, 6.07) is 7.18. The number of aryl methyl sites for hydroxylation is 1. The van der Waals surface area contributed by atoms with E-state index in [9.17, 15) is 4.79 Å². The smallest absolute Gasteiger partial charge is 0.320 e. The number of methoxy groups -OCH3 is 1. The number of carbonyl (C=O) groups is 1. The molecule has 0 saturated carbocycles. The highest BCUT2D eigenvalue weighted by molar-refractivity contribution is 5.73. The van der Waals surface area contributed by atoms with E-state index in [0.29, 0.717) is 6.42 Å². The minimum Gasteiger partial charge on any atom is -0.497 e. The highest BCUT2D eigenvalue weighted by atomic mass is 16.5. The second-order valence-corrected chi connectivity index (χ2v) is 3.57. The van der Waals surface area contributed by atoms with Crippen LogP contribution >= 0.6 is 0 Å². The van der Waals surface area contributed by atoms with E-state index in [1.807, 2.05) is 24.3 Å². The molecule has 0 saturated heterocycles. The lowest BCUT2D eigenvalue weighted by Crippen LogP contribution is -2.34. The molecule has 0 aliphatic heterocycles. The zero-order valence-corrected chi connectivity index (χ0v) is 9.56. The molecule has 1 aromatic carbocycles. The fourth-order valence-corrected chi connectivity index (χ4v) is 1.49. The molecule has 4 heteroatoms. The number of hydrogen-bond acceptors (Lipinski definition) is 3. The second kappa shape index (κ2) is 6.12. The maximum atomic E-state index is 10.8. The monoisotopic (exact) mass is 223 g/mol. The first-order valence-corrected chi connectivity index (χ1v) is 5.20. The van der Waals surface area contributed by atoms with Gasteiger partial charge in [-0.25, -0.2) is 0 Å². The van der Waals surface area contributed by atoms with Gasteiger partial charge in [0.1, 0.15) is 11.8 Å². The lowest BCUT2D eigenvalue weighted by atomic mass is 10.1. The van der Waals surface area contributed by atoms with Crippen molar-refractivity contribution in [2.45, 2.75) is 18.9 Å². The van der Waals surface area contributed by atoms with Gasteiger partial charge in [0.15, 0.2) is 0 Å². The van der Waals surface area contributed by atoms with E-state index < -0.39 is 12.0 Å². The van der Waals surface area contributed by atoms with Gasteiger partial charge in [0.2, 0.25) is 0 Å². The predicted molar refractivity (Wildman–Crippen MR) is 61.8 cm³/mol. The van der Waals surface area contributed by atoms with E-state index in [-0.39, 0.29) is 0 Å². The summed E-state index contributed by atoms with van der Waals surface area (Å²) in [5.41, 5.74) is 1.11. The Hall–Kier alpha value is -1.55. The van der Waals surface area contributed by atoms with Crippen molar-refractivity contribution in [3.63, 3.8) is 0 Å². The Morgan fingerprint density at radius 1 is 1.44 bits per heavy atom. The third kappa shape index (κ3) is 3.55. The Balaban J connectivity index is 2.50. The number of carboxylic acid groups (broad SMARTS) is 1. The van der Waals surface area contributed by atoms with Gasteiger partial charge in [0, 0.05) is 0 Å². The second-order valence-electron chi connectivity index (χ2n) is 3.57. The summed E-state index contributed by atoms with van der Waals surface area (Å²) in [6.07, 6.45) is 1.32. The Bertz CT molecular complexity index is 335. The number of hydrogen-bond donors (Lipinski definition) is 2. The fraction of sp³-hybridized carbons (Fsp3) is 0.417. The summed E-state index contributed by atoms with van der Waals surface area (Å²) in [5, 5.41) is 11.6. The van der Waals surface area contributed by atoms with Crippen molar-refractivity contribution in [2.24, 2.45) is 0 Å². The standard InChI is InChI=1S/C12H17NO3/c1-13-11(12(14)15)8-5-9-3-6-10(16-2)7-4-9/h3-4,6-7,11,13H,5,8H2,1-2H3,(H,14,15). The van der Waals surface area contributed by atoms with Crippen LogP contribution < -0.4 is 10.1 Å². The third-order valence-electron chi connectivity index (χ3n) is 2.53. The average molecular weight is 223 g/mol. The van der Waals surface area contributed by atoms with Crippen molar-refractivity contribution in [1.82, 2.24) is 5.32 Å². The number of rotatable bonds is 6. The first-order chi connectivity index (χ1) is 7.67. The molecule has 0 aromatic heterocycles. The zero-order chi connectivity index (χ0) is 12.0. The Labute approximate surface area is 95.2 Å². The SMILES string of the molecule is CNC(CCc1ccc(OC)cc1)C(=O)O. The largest absolute Gasteiger partial charge is 0.497 e. The molecule has 0 spiro atoms. The number of ether oxygens (including phenoxy) is 1. The van der Waals surface area contributed by atoms with Crippen LogP contribution in [0.5, 0.6) is 5.75 Å². The molecule has 16 heavy (non-hydrogen) atoms. The molecule has 0 bridgehead atoms. The maximum absolute atomic E-state index is 10.8. The van der Waals surface area contributed by atoms with Crippen molar-refractivity contribution in [3.05, 3.63) is 29.8 Å². The Kier molecular flexibility index (Phi) is 4.79. The van der Waals surface area contributed by atoms with Gasteiger partial charge in [-0.3, -0.25) is 4.79 Å². The average Bonchev–Trinajstić information content (AvgIpc) is 2.30. The van der Waals surface area contributed by atoms with Crippen LogP contribution in [0.3, 0.4) is 0 Å². The summed E-state index contributed by atoms with van der Waals surface area (Å²) >= 11 is 0. The van der Waals surface area contributed by atoms with E-state index in [4.69, 9.17) is 9.84 Å². The summed E-state index contributed by atoms with van der Waals surface area (Å²) < 4.78 is 5.05. The van der Waals surface area contributed by atoms with Crippen LogP contribution in [0.4, 0.5) is 0 Å². The lowest BCUT2D eigenvalue weighted by Gasteiger charge is -2.10. The van der Waals surface area contributed by atoms with Crippen molar-refractivity contribution in [3.8, 4) is 5.75 Å². The van der Waals surface area contributed by atoms with E-state index in [1.165, 1.54) is 0 Å². The number of nitrogens with one attached hydrogen (secondary N) is 1. The van der Waals surface area contributed by atoms with Crippen LogP contribution in [0.25, 0.3) is 0 Å². The van der Waals surface area contributed by atoms with Gasteiger partial charge in [-0.15, -0.1) is 0 Å². The molecule has 1 aromatic rings. The number of benzene rings is 1. The molecule has 0 amide bonds. The Morgan fingerprint density at radius 2 is 2.06 bits per heavy atom. The molecular formula is C12H17NO3. The zero-order valence-electron chi connectivity index (χ0n) is 9.56. The van der Waals surface area contributed by atoms with Gasteiger partial charge >= 0.3 is 5.97 Å². The molecule has 1 atom stereocenters. The van der Waals surface area contributed by atoms with Gasteiger partial charge in [0.05, 0.1) is 7.11 Å². The highest BCUT2D eigenvalue weighted by Gasteiger charge is 2.13. The van der Waals surface area contributed by atoms with Crippen LogP contribution in [0.15, 0.2) is 24.3 Å². The topological polar surface area (TPSA) is 58.6 Å². The molecule has 1 rings (SSSR count). The molecule has 0 radical (unpaired) electrons. The first kappa shape index (κ1) is 12.5. The van der Waals surface area contributed by atoms with Gasteiger partial charge in [0.25, 0.3) is 0 Å². The van der Waals surface area contributed by atoms with E-state index in [0.717, 1.165) is 17.7 Å². The summed E-state index contributed by atoms with van der Waals surface area (Å²) in [7, 11) is 3.28. The lowest BCUT2D eigenvalue weighted by molar-refractivity contribution is -0.139. The molecule has 4 nitrogen and oxygen atoms in total. The predicted octanol–water partition coefficient (Wildman–Crippen LogP) is 1.30. The molecule has 2 N–H and O–H groups in total. The van der Waals surface area contributed by atoms with Crippen LogP contribution in [0.1, 0.15) is 12.0 Å². The molecule has 88 valence electrons. The van der Waals surface area contributed by atoms with Crippen LogP contribution in [0, 0.1) is 0 Å². The van der Waals surface area contributed by atoms with Gasteiger partial charge in [-0.1, -0.05) is 12.1 Å². The minimum absolute atomic E-state index is 0.484. The summed E-state index contributed by atoms with van der Waals surface area (Å²) in [4.78, 5) is 10.8. The molecule has 1 unspecified atom stereocenters. The fourth-order valence-electron chi connectivity index (χ4n) is 1.49. The van der Waals surface area contributed by atoms with Crippen LogP contribution in [-0.2, 0) is 11.2 Å². The number of aliphatic carboxylic acids is 1. The van der Waals surface area contributed by atoms with E-state index in [2.05, 4.69) is 5.32 Å². The van der Waals surface area contributed by atoms with Gasteiger partial charge in [-0.05, 0) is 37.6 Å². The summed E-state index contributed by atoms with van der Waals surface area (Å²) in [6.45, 7) is 0. The number of likely N-dealkylation sites (N-methyl/N-ethyl adjacent to an activating group) is 1. The summed E-state index contributed by atoms with van der Waals surface area (Å²) in [5.74, 6) is 0.00293. The Morgan fingerprint density at radius 3 is 2.50 bits per heavy atom. The minimum atomic E-state index is -0.809. The molecule has 0 heterocycles. The van der Waals surface area contributed by atoms with Crippen LogP contribution in [-0.4, -0.2) is 31.3 Å². The third-order valence-corrected chi connectivity index (χ3v) is 2.53. The van der Waals surface area contributed by atoms with Gasteiger partial charge < -0.3 is 15.2 Å². The highest BCUT2D eigenvalue weighted by Crippen LogP contribution is 2.13. The quantitative estimate of drug-likeness (QED) is 0.763. The molecule has 0 aliphatic rings. The van der Waals surface area contributed by atoms with Crippen molar-refractivity contribution >= 4 is 5.97 Å². The van der Waals surface area contributed by atoms with Crippen molar-refractivity contribution in [1.29, 1.82) is 0 Å². The van der Waals surface area contributed by atoms with Crippen molar-refractivity contribution in [2.75, 3.05) is 14.2 Å². The number of carboxylic acids is 1. The molecule has 0 fully saturated rings. The van der Waals surface area contributed by atoms with Crippen molar-refractivity contribution < 1.29 is 14.6 Å². The van der Waals surface area contributed by atoms with Gasteiger partial charge in [-0.2, -0.15) is 0 Å². The van der Waals surface area contributed by atoms with E-state index >= 15 is 0 Å². The molecular weight excluding hydrogens is 206 g/mol. The normalized spacial score (nSPS) is 12.1. The van der Waals surface area contributed by atoms with E-state index in [1.54, 1.807) is 14.2 Å². The molecule has 0 aliphatic carbocycles. The maximum Gasteiger partial charge on any atom is 0.320 e.